The minimum atomic E-state index is 0.0464. The van der Waals surface area contributed by atoms with Crippen LogP contribution in [0.5, 0.6) is 0 Å². The van der Waals surface area contributed by atoms with Gasteiger partial charge in [-0.1, -0.05) is 11.6 Å². The van der Waals surface area contributed by atoms with Crippen LogP contribution >= 0.6 is 11.6 Å². The quantitative estimate of drug-likeness (QED) is 0.786. The van der Waals surface area contributed by atoms with E-state index in [9.17, 15) is 4.79 Å². The average Bonchev–Trinajstić information content (AvgIpc) is 3.21. The molecule has 6 nitrogen and oxygen atoms in total. The number of likely N-dealkylation sites (tertiary alicyclic amines) is 1. The van der Waals surface area contributed by atoms with Gasteiger partial charge in [0.25, 0.3) is 0 Å². The monoisotopic (exact) mass is 361 g/mol. The molecule has 2 fully saturated rings. The van der Waals surface area contributed by atoms with Crippen LogP contribution in [-0.2, 0) is 6.42 Å². The number of aromatic amines is 1. The third kappa shape index (κ3) is 3.60. The lowest BCUT2D eigenvalue weighted by Crippen LogP contribution is -2.50. The van der Waals surface area contributed by atoms with E-state index >= 15 is 0 Å². The fourth-order valence-electron chi connectivity index (χ4n) is 4.08. The lowest BCUT2D eigenvalue weighted by atomic mass is 9.79. The highest BCUT2D eigenvalue weighted by molar-refractivity contribution is 6.31. The lowest BCUT2D eigenvalue weighted by molar-refractivity contribution is 0.118. The first-order valence-electron chi connectivity index (χ1n) is 9.01. The largest absolute Gasteiger partial charge is 0.342 e. The second-order valence-corrected chi connectivity index (χ2v) is 7.72. The molecule has 25 heavy (non-hydrogen) atoms. The highest BCUT2D eigenvalue weighted by atomic mass is 35.5. The third-order valence-corrected chi connectivity index (χ3v) is 5.65. The molecule has 2 aliphatic heterocycles. The number of halogens is 1. The Morgan fingerprint density at radius 1 is 1.40 bits per heavy atom. The van der Waals surface area contributed by atoms with Gasteiger partial charge in [-0.3, -0.25) is 0 Å². The van der Waals surface area contributed by atoms with Gasteiger partial charge in [-0.2, -0.15) is 0 Å². The van der Waals surface area contributed by atoms with Crippen molar-refractivity contribution in [3.63, 3.8) is 0 Å². The van der Waals surface area contributed by atoms with E-state index in [1.165, 1.54) is 12.8 Å². The first-order valence-corrected chi connectivity index (χ1v) is 9.39. The van der Waals surface area contributed by atoms with Crippen molar-refractivity contribution >= 4 is 28.7 Å². The van der Waals surface area contributed by atoms with Gasteiger partial charge in [0.1, 0.15) is 5.82 Å². The molecule has 0 aliphatic carbocycles. The fourth-order valence-corrected chi connectivity index (χ4v) is 4.25. The van der Waals surface area contributed by atoms with Crippen molar-refractivity contribution in [3.05, 3.63) is 29.0 Å². The van der Waals surface area contributed by atoms with Crippen LogP contribution in [0.3, 0.4) is 0 Å². The Bertz CT molecular complexity index is 768. The van der Waals surface area contributed by atoms with Crippen molar-refractivity contribution in [2.24, 2.45) is 5.41 Å². The number of carbonyl (C=O) groups is 1. The van der Waals surface area contributed by atoms with Crippen molar-refractivity contribution in [1.29, 1.82) is 0 Å². The summed E-state index contributed by atoms with van der Waals surface area (Å²) in [6.45, 7) is 4.42. The number of aromatic nitrogens is 2. The summed E-state index contributed by atoms with van der Waals surface area (Å²) in [4.78, 5) is 22.3. The number of hydrogen-bond acceptors (Lipinski definition) is 3. The number of amides is 2. The van der Waals surface area contributed by atoms with Crippen LogP contribution in [0.1, 0.15) is 25.1 Å². The number of piperidine rings is 1. The van der Waals surface area contributed by atoms with Crippen molar-refractivity contribution < 1.29 is 4.79 Å². The van der Waals surface area contributed by atoms with E-state index in [-0.39, 0.29) is 6.03 Å². The van der Waals surface area contributed by atoms with Gasteiger partial charge in [0.15, 0.2) is 0 Å². The maximum atomic E-state index is 12.5. The number of urea groups is 1. The lowest BCUT2D eigenvalue weighted by Gasteiger charge is -2.39. The number of imidazole rings is 1. The van der Waals surface area contributed by atoms with Gasteiger partial charge < -0.3 is 20.5 Å². The summed E-state index contributed by atoms with van der Waals surface area (Å²) in [6.07, 6.45) is 4.18. The molecular formula is C18H24ClN5O. The van der Waals surface area contributed by atoms with E-state index in [2.05, 4.69) is 20.6 Å². The number of carbonyl (C=O) groups excluding carboxylic acids is 1. The van der Waals surface area contributed by atoms with Crippen LogP contribution in [0.4, 0.5) is 4.79 Å². The van der Waals surface area contributed by atoms with E-state index in [0.29, 0.717) is 23.4 Å². The Labute approximate surface area is 152 Å². The van der Waals surface area contributed by atoms with Gasteiger partial charge in [0.05, 0.1) is 11.0 Å². The summed E-state index contributed by atoms with van der Waals surface area (Å²) >= 11 is 6.00. The molecule has 0 bridgehead atoms. The van der Waals surface area contributed by atoms with E-state index in [1.807, 2.05) is 23.1 Å². The number of nitrogens with zero attached hydrogens (tertiary/aromatic N) is 2. The Kier molecular flexibility index (Phi) is 4.56. The Balaban J connectivity index is 1.30. The van der Waals surface area contributed by atoms with E-state index in [1.54, 1.807) is 0 Å². The van der Waals surface area contributed by atoms with Gasteiger partial charge in [-0.05, 0) is 44.0 Å². The molecule has 2 amide bonds. The standard InChI is InChI=1S/C18H24ClN5O/c19-13-2-3-14-15(10-13)23-16(22-14)4-7-21-17(25)24-9-1-5-18(12-24)6-8-20-11-18/h2-3,10,20H,1,4-9,11-12H2,(H,21,25)(H,22,23)/t18-/m1/s1. The summed E-state index contributed by atoms with van der Waals surface area (Å²) in [5.41, 5.74) is 2.13. The minimum Gasteiger partial charge on any atom is -0.342 e. The van der Waals surface area contributed by atoms with Crippen molar-refractivity contribution in [1.82, 2.24) is 25.5 Å². The molecule has 1 spiro atoms. The summed E-state index contributed by atoms with van der Waals surface area (Å²) in [7, 11) is 0. The van der Waals surface area contributed by atoms with E-state index in [0.717, 1.165) is 49.5 Å². The molecule has 3 heterocycles. The number of rotatable bonds is 3. The van der Waals surface area contributed by atoms with Gasteiger partial charge in [-0.15, -0.1) is 0 Å². The second-order valence-electron chi connectivity index (χ2n) is 7.28. The first kappa shape index (κ1) is 16.7. The predicted molar refractivity (Wildman–Crippen MR) is 98.9 cm³/mol. The predicted octanol–water partition coefficient (Wildman–Crippen LogP) is 2.54. The number of hydrogen-bond donors (Lipinski definition) is 3. The molecule has 1 aromatic heterocycles. The smallest absolute Gasteiger partial charge is 0.317 e. The molecule has 2 aliphatic rings. The summed E-state index contributed by atoms with van der Waals surface area (Å²) in [5.74, 6) is 0.868. The van der Waals surface area contributed by atoms with Gasteiger partial charge >= 0.3 is 6.03 Å². The zero-order valence-electron chi connectivity index (χ0n) is 14.3. The average molecular weight is 362 g/mol. The fraction of sp³-hybridized carbons (Fsp3) is 0.556. The summed E-state index contributed by atoms with van der Waals surface area (Å²) in [6, 6.07) is 5.65. The van der Waals surface area contributed by atoms with Crippen molar-refractivity contribution in [2.75, 3.05) is 32.7 Å². The highest BCUT2D eigenvalue weighted by Gasteiger charge is 2.39. The molecule has 3 N–H and O–H groups in total. The molecule has 1 atom stereocenters. The molecule has 4 rings (SSSR count). The zero-order chi connectivity index (χ0) is 17.3. The van der Waals surface area contributed by atoms with E-state index < -0.39 is 0 Å². The molecule has 134 valence electrons. The number of benzene rings is 1. The summed E-state index contributed by atoms with van der Waals surface area (Å²) < 4.78 is 0. The van der Waals surface area contributed by atoms with Crippen LogP contribution in [0, 0.1) is 5.41 Å². The van der Waals surface area contributed by atoms with Crippen molar-refractivity contribution in [2.45, 2.75) is 25.7 Å². The van der Waals surface area contributed by atoms with Gasteiger partial charge in [-0.25, -0.2) is 9.78 Å². The molecule has 2 saturated heterocycles. The van der Waals surface area contributed by atoms with Crippen LogP contribution < -0.4 is 10.6 Å². The third-order valence-electron chi connectivity index (χ3n) is 5.41. The molecule has 1 aromatic carbocycles. The zero-order valence-corrected chi connectivity index (χ0v) is 15.0. The second kappa shape index (κ2) is 6.84. The number of H-pyrrole nitrogens is 1. The maximum Gasteiger partial charge on any atom is 0.317 e. The first-order chi connectivity index (χ1) is 12.1. The molecule has 7 heteroatoms. The van der Waals surface area contributed by atoms with Crippen LogP contribution in [0.2, 0.25) is 5.02 Å². The molecular weight excluding hydrogens is 338 g/mol. The SMILES string of the molecule is O=C(NCCc1nc2ccc(Cl)cc2[nH]1)N1CCC[C@]2(CCNC2)C1. The van der Waals surface area contributed by atoms with Crippen LogP contribution in [-0.4, -0.2) is 53.6 Å². The van der Waals surface area contributed by atoms with Crippen LogP contribution in [0.15, 0.2) is 18.2 Å². The molecule has 0 radical (unpaired) electrons. The Morgan fingerprint density at radius 2 is 2.32 bits per heavy atom. The van der Waals surface area contributed by atoms with Gasteiger partial charge in [0.2, 0.25) is 0 Å². The number of nitrogens with one attached hydrogen (secondary N) is 3. The molecule has 0 unspecified atom stereocenters. The maximum absolute atomic E-state index is 12.5. The van der Waals surface area contributed by atoms with E-state index in [4.69, 9.17) is 11.6 Å². The molecule has 0 saturated carbocycles. The highest BCUT2D eigenvalue weighted by Crippen LogP contribution is 2.35. The minimum absolute atomic E-state index is 0.0464. The van der Waals surface area contributed by atoms with Crippen LogP contribution in [0.25, 0.3) is 11.0 Å². The summed E-state index contributed by atoms with van der Waals surface area (Å²) in [5, 5.41) is 7.18. The number of fused-ring (bicyclic) bond motifs is 1. The van der Waals surface area contributed by atoms with Crippen molar-refractivity contribution in [3.8, 4) is 0 Å². The molecule has 2 aromatic rings. The Morgan fingerprint density at radius 3 is 3.16 bits per heavy atom. The topological polar surface area (TPSA) is 73.0 Å². The van der Waals surface area contributed by atoms with Gasteiger partial charge in [0, 0.05) is 43.0 Å². The Hall–Kier alpha value is -1.79. The normalized spacial score (nSPS) is 23.5.